The van der Waals surface area contributed by atoms with Crippen LogP contribution in [-0.4, -0.2) is 36.6 Å². The van der Waals surface area contributed by atoms with Gasteiger partial charge in [0, 0.05) is 10.9 Å². The largest absolute Gasteiger partial charge is 0.497 e. The zero-order valence-corrected chi connectivity index (χ0v) is 16.7. The summed E-state index contributed by atoms with van der Waals surface area (Å²) in [5.41, 5.74) is -2.59. The van der Waals surface area contributed by atoms with Crippen molar-refractivity contribution >= 4 is 25.2 Å². The van der Waals surface area contributed by atoms with Gasteiger partial charge in [0.15, 0.2) is 0 Å². The molecule has 2 heterocycles. The van der Waals surface area contributed by atoms with Crippen LogP contribution in [0.4, 0.5) is 8.78 Å². The predicted octanol–water partition coefficient (Wildman–Crippen LogP) is 2.56. The number of hydrogen-bond acceptors (Lipinski definition) is 4. The molecule has 2 saturated heterocycles. The SMILES string of the molecule is CC1(C)OB(c2cc(F)cc(B3OC(C)(C)C(C)(C)O3)c2F)OC1(C)C. The third-order valence-corrected chi connectivity index (χ3v) is 6.11. The van der Waals surface area contributed by atoms with E-state index in [1.54, 1.807) is 0 Å². The van der Waals surface area contributed by atoms with Gasteiger partial charge in [-0.25, -0.2) is 8.78 Å². The molecular weight excluding hydrogens is 340 g/mol. The minimum absolute atomic E-state index is 0.00774. The quantitative estimate of drug-likeness (QED) is 0.755. The van der Waals surface area contributed by atoms with Crippen molar-refractivity contribution < 1.29 is 27.4 Å². The highest BCUT2D eigenvalue weighted by Gasteiger charge is 2.55. The van der Waals surface area contributed by atoms with Gasteiger partial charge in [-0.2, -0.15) is 0 Å². The topological polar surface area (TPSA) is 36.9 Å². The van der Waals surface area contributed by atoms with E-state index in [0.29, 0.717) is 0 Å². The number of halogens is 2. The molecule has 2 aliphatic rings. The Hall–Kier alpha value is -0.950. The minimum Gasteiger partial charge on any atom is -0.399 e. The van der Waals surface area contributed by atoms with Gasteiger partial charge in [0.1, 0.15) is 11.6 Å². The van der Waals surface area contributed by atoms with Crippen LogP contribution in [0.15, 0.2) is 12.1 Å². The summed E-state index contributed by atoms with van der Waals surface area (Å²) in [4.78, 5) is 0. The Balaban J connectivity index is 1.99. The second-order valence-corrected chi connectivity index (χ2v) is 9.07. The molecule has 0 N–H and O–H groups in total. The first kappa shape index (κ1) is 19.8. The van der Waals surface area contributed by atoms with Crippen LogP contribution in [0.1, 0.15) is 55.4 Å². The first-order chi connectivity index (χ1) is 11.7. The van der Waals surface area contributed by atoms with Crippen LogP contribution in [0.25, 0.3) is 0 Å². The first-order valence-electron chi connectivity index (χ1n) is 8.87. The van der Waals surface area contributed by atoms with Crippen LogP contribution >= 0.6 is 0 Å². The van der Waals surface area contributed by atoms with E-state index in [2.05, 4.69) is 0 Å². The molecule has 8 heteroatoms. The van der Waals surface area contributed by atoms with Crippen molar-refractivity contribution in [3.8, 4) is 0 Å². The average Bonchev–Trinajstić information content (AvgIpc) is 2.80. The van der Waals surface area contributed by atoms with E-state index in [1.165, 1.54) is 0 Å². The van der Waals surface area contributed by atoms with Crippen molar-refractivity contribution in [2.24, 2.45) is 0 Å². The van der Waals surface area contributed by atoms with E-state index in [9.17, 15) is 4.39 Å². The molecule has 2 fully saturated rings. The molecule has 0 spiro atoms. The fourth-order valence-electron chi connectivity index (χ4n) is 2.92. The smallest absolute Gasteiger partial charge is 0.399 e. The molecule has 4 nitrogen and oxygen atoms in total. The molecule has 0 amide bonds. The molecule has 1 aromatic carbocycles. The molecule has 0 atom stereocenters. The maximum Gasteiger partial charge on any atom is 0.497 e. The summed E-state index contributed by atoms with van der Waals surface area (Å²) in [5, 5.41) is 0. The van der Waals surface area contributed by atoms with Gasteiger partial charge in [0.25, 0.3) is 0 Å². The van der Waals surface area contributed by atoms with Gasteiger partial charge in [-0.15, -0.1) is 0 Å². The lowest BCUT2D eigenvalue weighted by molar-refractivity contribution is 0.00578. The van der Waals surface area contributed by atoms with Crippen molar-refractivity contribution in [2.45, 2.75) is 77.8 Å². The first-order valence-corrected chi connectivity index (χ1v) is 8.87. The second kappa shape index (κ2) is 5.77. The van der Waals surface area contributed by atoms with E-state index in [0.717, 1.165) is 12.1 Å². The highest BCUT2D eigenvalue weighted by Crippen LogP contribution is 2.38. The van der Waals surface area contributed by atoms with Crippen LogP contribution < -0.4 is 10.9 Å². The molecule has 0 unspecified atom stereocenters. The zero-order valence-electron chi connectivity index (χ0n) is 16.7. The zero-order chi connectivity index (χ0) is 19.7. The maximum atomic E-state index is 15.3. The Labute approximate surface area is 154 Å². The monoisotopic (exact) mass is 366 g/mol. The molecule has 26 heavy (non-hydrogen) atoms. The molecule has 0 aliphatic carbocycles. The van der Waals surface area contributed by atoms with Gasteiger partial charge in [-0.1, -0.05) is 0 Å². The Kier molecular flexibility index (Phi) is 4.40. The van der Waals surface area contributed by atoms with Gasteiger partial charge in [-0.3, -0.25) is 0 Å². The molecule has 0 aromatic heterocycles. The van der Waals surface area contributed by atoms with Crippen LogP contribution in [-0.2, 0) is 18.6 Å². The van der Waals surface area contributed by atoms with Crippen LogP contribution in [0, 0.1) is 11.6 Å². The summed E-state index contributed by atoms with van der Waals surface area (Å²) >= 11 is 0. The molecule has 1 aromatic rings. The molecule has 0 radical (unpaired) electrons. The minimum atomic E-state index is -1.00. The lowest BCUT2D eigenvalue weighted by Crippen LogP contribution is -2.45. The second-order valence-electron chi connectivity index (χ2n) is 9.07. The lowest BCUT2D eigenvalue weighted by Gasteiger charge is -2.32. The third-order valence-electron chi connectivity index (χ3n) is 6.11. The average molecular weight is 366 g/mol. The highest BCUT2D eigenvalue weighted by molar-refractivity contribution is 6.66. The summed E-state index contributed by atoms with van der Waals surface area (Å²) in [6.07, 6.45) is 0. The fraction of sp³-hybridized carbons (Fsp3) is 0.667. The molecule has 142 valence electrons. The standard InChI is InChI=1S/C18H26B2F2O4/c1-15(2)16(3,4)24-19(23-15)12-9-11(21)10-13(14(12)22)20-25-17(5,6)18(7,8)26-20/h9-10H,1-8H3. The van der Waals surface area contributed by atoms with Gasteiger partial charge in [0.05, 0.1) is 22.4 Å². The van der Waals surface area contributed by atoms with Crippen molar-refractivity contribution in [2.75, 3.05) is 0 Å². The molecule has 3 rings (SSSR count). The van der Waals surface area contributed by atoms with Gasteiger partial charge in [-0.05, 0) is 67.5 Å². The highest BCUT2D eigenvalue weighted by atomic mass is 19.1. The molecule has 0 saturated carbocycles. The maximum absolute atomic E-state index is 15.3. The Bertz CT molecular complexity index is 645. The Morgan fingerprint density at radius 3 is 1.15 bits per heavy atom. The van der Waals surface area contributed by atoms with Crippen LogP contribution in [0.3, 0.4) is 0 Å². The fourth-order valence-corrected chi connectivity index (χ4v) is 2.92. The lowest BCUT2D eigenvalue weighted by atomic mass is 9.71. The molecule has 2 aliphatic heterocycles. The number of hydrogen-bond donors (Lipinski definition) is 0. The summed E-state index contributed by atoms with van der Waals surface area (Å²) in [7, 11) is -2.01. The number of rotatable bonds is 2. The summed E-state index contributed by atoms with van der Waals surface area (Å²) in [6.45, 7) is 14.9. The van der Waals surface area contributed by atoms with Gasteiger partial charge < -0.3 is 18.6 Å². The Morgan fingerprint density at radius 1 is 0.615 bits per heavy atom. The summed E-state index contributed by atoms with van der Waals surface area (Å²) < 4.78 is 53.1. The summed E-state index contributed by atoms with van der Waals surface area (Å²) in [5.74, 6) is -1.23. The van der Waals surface area contributed by atoms with E-state index >= 15 is 4.39 Å². The third kappa shape index (κ3) is 3.01. The van der Waals surface area contributed by atoms with Crippen molar-refractivity contribution in [1.29, 1.82) is 0 Å². The van der Waals surface area contributed by atoms with Gasteiger partial charge >= 0.3 is 14.2 Å². The predicted molar refractivity (Wildman–Crippen MR) is 97.8 cm³/mol. The van der Waals surface area contributed by atoms with Gasteiger partial charge in [0.2, 0.25) is 0 Å². The van der Waals surface area contributed by atoms with Crippen molar-refractivity contribution in [3.05, 3.63) is 23.8 Å². The molecular formula is C18H26B2F2O4. The molecule has 0 bridgehead atoms. The van der Waals surface area contributed by atoms with Crippen LogP contribution in [0.5, 0.6) is 0 Å². The van der Waals surface area contributed by atoms with Crippen molar-refractivity contribution in [1.82, 2.24) is 0 Å². The van der Waals surface area contributed by atoms with E-state index in [-0.39, 0.29) is 10.9 Å². The summed E-state index contributed by atoms with van der Waals surface area (Å²) in [6, 6.07) is 2.21. The van der Waals surface area contributed by atoms with E-state index < -0.39 is 48.3 Å². The van der Waals surface area contributed by atoms with Crippen LogP contribution in [0.2, 0.25) is 0 Å². The normalized spacial score (nSPS) is 25.8. The van der Waals surface area contributed by atoms with Crippen molar-refractivity contribution in [3.63, 3.8) is 0 Å². The van der Waals surface area contributed by atoms with E-state index in [4.69, 9.17) is 18.6 Å². The van der Waals surface area contributed by atoms with E-state index in [1.807, 2.05) is 55.4 Å². The number of benzene rings is 1. The Morgan fingerprint density at radius 2 is 0.885 bits per heavy atom.